The molecule has 116 valence electrons. The van der Waals surface area contributed by atoms with Gasteiger partial charge in [-0.2, -0.15) is 4.37 Å². The Hall–Kier alpha value is -2.53. The fourth-order valence-corrected chi connectivity index (χ4v) is 2.94. The third kappa shape index (κ3) is 3.29. The van der Waals surface area contributed by atoms with Gasteiger partial charge in [-0.3, -0.25) is 0 Å². The smallest absolute Gasteiger partial charge is 0.335 e. The number of rotatable bonds is 4. The highest BCUT2D eigenvalue weighted by Gasteiger charge is 2.11. The van der Waals surface area contributed by atoms with Gasteiger partial charge in [0.05, 0.1) is 5.56 Å². The molecule has 1 heterocycles. The van der Waals surface area contributed by atoms with Crippen molar-refractivity contribution in [2.45, 2.75) is 19.8 Å². The van der Waals surface area contributed by atoms with Crippen LogP contribution in [0.3, 0.4) is 0 Å². The van der Waals surface area contributed by atoms with Gasteiger partial charge in [0.1, 0.15) is 5.01 Å². The summed E-state index contributed by atoms with van der Waals surface area (Å²) in [4.78, 5) is 15.6. The highest BCUT2D eigenvalue weighted by atomic mass is 32.1. The molecule has 0 amide bonds. The monoisotopic (exact) mass is 324 g/mol. The highest BCUT2D eigenvalue weighted by molar-refractivity contribution is 7.09. The zero-order chi connectivity index (χ0) is 16.4. The molecule has 2 aromatic carbocycles. The van der Waals surface area contributed by atoms with E-state index in [-0.39, 0.29) is 5.56 Å². The Kier molecular flexibility index (Phi) is 4.21. The average Bonchev–Trinajstić information content (AvgIpc) is 3.05. The number of hydrogen-bond acceptors (Lipinski definition) is 4. The summed E-state index contributed by atoms with van der Waals surface area (Å²) < 4.78 is 4.39. The van der Waals surface area contributed by atoms with Crippen molar-refractivity contribution in [1.29, 1.82) is 0 Å². The second kappa shape index (κ2) is 6.30. The van der Waals surface area contributed by atoms with Gasteiger partial charge in [-0.15, -0.1) is 0 Å². The third-order valence-electron chi connectivity index (χ3n) is 3.62. The van der Waals surface area contributed by atoms with E-state index in [9.17, 15) is 4.79 Å². The van der Waals surface area contributed by atoms with Gasteiger partial charge in [-0.05, 0) is 35.1 Å². The Labute approximate surface area is 138 Å². The first-order chi connectivity index (χ1) is 11.0. The maximum Gasteiger partial charge on any atom is 0.335 e. The maximum atomic E-state index is 11.1. The van der Waals surface area contributed by atoms with Crippen LogP contribution in [-0.2, 0) is 0 Å². The molecule has 0 atom stereocenters. The van der Waals surface area contributed by atoms with Crippen LogP contribution in [-0.4, -0.2) is 20.4 Å². The van der Waals surface area contributed by atoms with Crippen molar-refractivity contribution < 1.29 is 9.90 Å². The molecule has 0 aliphatic carbocycles. The normalized spacial score (nSPS) is 10.9. The van der Waals surface area contributed by atoms with Gasteiger partial charge >= 0.3 is 5.97 Å². The zero-order valence-electron chi connectivity index (χ0n) is 12.9. The molecule has 1 N–H and O–H groups in total. The first kappa shape index (κ1) is 15.4. The molecule has 0 unspecified atom stereocenters. The van der Waals surface area contributed by atoms with Crippen molar-refractivity contribution in [2.24, 2.45) is 0 Å². The summed E-state index contributed by atoms with van der Waals surface area (Å²) >= 11 is 1.27. The van der Waals surface area contributed by atoms with Gasteiger partial charge in [0.25, 0.3) is 0 Å². The van der Waals surface area contributed by atoms with Crippen LogP contribution in [0.5, 0.6) is 0 Å². The number of hydrogen-bond donors (Lipinski definition) is 1. The van der Waals surface area contributed by atoms with E-state index in [1.54, 1.807) is 18.2 Å². The predicted octanol–water partition coefficient (Wildman–Crippen LogP) is 4.69. The van der Waals surface area contributed by atoms with E-state index in [1.807, 2.05) is 18.2 Å². The number of nitrogens with zero attached hydrogens (tertiary/aromatic N) is 2. The minimum absolute atomic E-state index is 0.250. The topological polar surface area (TPSA) is 63.1 Å². The Balaban J connectivity index is 1.91. The Morgan fingerprint density at radius 2 is 1.83 bits per heavy atom. The summed E-state index contributed by atoms with van der Waals surface area (Å²) in [5.74, 6) is 0.212. The first-order valence-electron chi connectivity index (χ1n) is 7.32. The van der Waals surface area contributed by atoms with Crippen LogP contribution in [0.1, 0.15) is 35.7 Å². The molecule has 0 aliphatic rings. The van der Waals surface area contributed by atoms with Gasteiger partial charge in [-0.25, -0.2) is 9.78 Å². The second-order valence-electron chi connectivity index (χ2n) is 5.59. The molecule has 4 nitrogen and oxygen atoms in total. The third-order valence-corrected chi connectivity index (χ3v) is 4.38. The summed E-state index contributed by atoms with van der Waals surface area (Å²) in [6.07, 6.45) is 0. The number of benzene rings is 2. The van der Waals surface area contributed by atoms with Crippen LogP contribution < -0.4 is 0 Å². The lowest BCUT2D eigenvalue weighted by molar-refractivity contribution is 0.0697. The Morgan fingerprint density at radius 1 is 1.09 bits per heavy atom. The van der Waals surface area contributed by atoms with Crippen LogP contribution in [0.2, 0.25) is 0 Å². The van der Waals surface area contributed by atoms with Crippen LogP contribution in [0.15, 0.2) is 48.5 Å². The van der Waals surface area contributed by atoms with Crippen LogP contribution >= 0.6 is 11.5 Å². The Bertz CT molecular complexity index is 838. The van der Waals surface area contributed by atoms with E-state index in [2.05, 4.69) is 35.3 Å². The van der Waals surface area contributed by atoms with Crippen molar-refractivity contribution in [3.8, 4) is 22.0 Å². The van der Waals surface area contributed by atoms with Gasteiger partial charge in [-0.1, -0.05) is 50.2 Å². The van der Waals surface area contributed by atoms with E-state index >= 15 is 0 Å². The molecule has 5 heteroatoms. The van der Waals surface area contributed by atoms with Crippen molar-refractivity contribution in [2.75, 3.05) is 0 Å². The lowest BCUT2D eigenvalue weighted by Crippen LogP contribution is -1.95. The van der Waals surface area contributed by atoms with Crippen molar-refractivity contribution in [3.05, 3.63) is 59.7 Å². The molecule has 1 aromatic heterocycles. The summed E-state index contributed by atoms with van der Waals surface area (Å²) in [5, 5.41) is 9.80. The predicted molar refractivity (Wildman–Crippen MR) is 91.8 cm³/mol. The van der Waals surface area contributed by atoms with E-state index in [0.717, 1.165) is 16.1 Å². The summed E-state index contributed by atoms with van der Waals surface area (Å²) in [5.41, 5.74) is 3.26. The molecule has 3 aromatic rings. The minimum Gasteiger partial charge on any atom is -0.478 e. The van der Waals surface area contributed by atoms with Crippen molar-refractivity contribution >= 4 is 17.5 Å². The molecule has 0 saturated carbocycles. The highest BCUT2D eigenvalue weighted by Crippen LogP contribution is 2.27. The molecule has 0 spiro atoms. The number of carboxylic acid groups (broad SMARTS) is 1. The molecule has 0 radical (unpaired) electrons. The molecular weight excluding hydrogens is 308 g/mol. The van der Waals surface area contributed by atoms with Gasteiger partial charge in [0.15, 0.2) is 5.82 Å². The molecule has 0 bridgehead atoms. The number of aromatic nitrogens is 2. The summed E-state index contributed by atoms with van der Waals surface area (Å²) in [6, 6.07) is 15.0. The lowest BCUT2D eigenvalue weighted by Gasteiger charge is -2.04. The largest absolute Gasteiger partial charge is 0.478 e. The zero-order valence-corrected chi connectivity index (χ0v) is 13.7. The Morgan fingerprint density at radius 3 is 2.48 bits per heavy atom. The van der Waals surface area contributed by atoms with E-state index in [1.165, 1.54) is 17.1 Å². The van der Waals surface area contributed by atoms with E-state index < -0.39 is 5.97 Å². The quantitative estimate of drug-likeness (QED) is 0.756. The summed E-state index contributed by atoms with van der Waals surface area (Å²) in [6.45, 7) is 4.31. The molecule has 0 saturated heterocycles. The van der Waals surface area contributed by atoms with Crippen LogP contribution in [0, 0.1) is 0 Å². The van der Waals surface area contributed by atoms with E-state index in [4.69, 9.17) is 5.11 Å². The van der Waals surface area contributed by atoms with Crippen molar-refractivity contribution in [3.63, 3.8) is 0 Å². The second-order valence-corrected chi connectivity index (χ2v) is 6.34. The average molecular weight is 324 g/mol. The standard InChI is InChI=1S/C18H16N2O2S/c1-11(2)12-6-8-13(9-7-12)16-19-17(23-20-16)14-4-3-5-15(10-14)18(21)22/h3-11H,1-2H3,(H,21,22). The molecule has 23 heavy (non-hydrogen) atoms. The minimum atomic E-state index is -0.944. The summed E-state index contributed by atoms with van der Waals surface area (Å²) in [7, 11) is 0. The van der Waals surface area contributed by atoms with Crippen molar-refractivity contribution in [1.82, 2.24) is 9.36 Å². The first-order valence-corrected chi connectivity index (χ1v) is 8.09. The van der Waals surface area contributed by atoms with E-state index in [0.29, 0.717) is 11.7 Å². The van der Waals surface area contributed by atoms with Crippen LogP contribution in [0.25, 0.3) is 22.0 Å². The fourth-order valence-electron chi connectivity index (χ4n) is 2.26. The number of carbonyl (C=O) groups is 1. The fraction of sp³-hybridized carbons (Fsp3) is 0.167. The maximum absolute atomic E-state index is 11.1. The van der Waals surface area contributed by atoms with Gasteiger partial charge in [0.2, 0.25) is 0 Å². The van der Waals surface area contributed by atoms with Crippen LogP contribution in [0.4, 0.5) is 0 Å². The number of aromatic carboxylic acids is 1. The molecule has 0 fully saturated rings. The number of carboxylic acids is 1. The lowest BCUT2D eigenvalue weighted by atomic mass is 10.0. The molecular formula is C18H16N2O2S. The van der Waals surface area contributed by atoms with Gasteiger partial charge in [0, 0.05) is 11.1 Å². The van der Waals surface area contributed by atoms with Gasteiger partial charge < -0.3 is 5.11 Å². The molecule has 0 aliphatic heterocycles. The molecule has 3 rings (SSSR count). The SMILES string of the molecule is CC(C)c1ccc(-c2nsc(-c3cccc(C(=O)O)c3)n2)cc1.